The van der Waals surface area contributed by atoms with Crippen LogP contribution in [0, 0.1) is 11.6 Å². The molecule has 1 amide bonds. The number of rotatable bonds is 8. The number of aryl methyl sites for hydroxylation is 1. The van der Waals surface area contributed by atoms with Crippen LogP contribution >= 0.6 is 0 Å². The van der Waals surface area contributed by atoms with Gasteiger partial charge in [-0.1, -0.05) is 50.6 Å². The van der Waals surface area contributed by atoms with Crippen molar-refractivity contribution >= 4 is 5.91 Å². The van der Waals surface area contributed by atoms with Gasteiger partial charge in [0.25, 0.3) is 11.5 Å². The number of pyridine rings is 1. The molecule has 1 N–H and O–H groups in total. The number of aromatic hydroxyl groups is 1. The van der Waals surface area contributed by atoms with Crippen LogP contribution in [0.1, 0.15) is 78.9 Å². The van der Waals surface area contributed by atoms with E-state index in [-0.39, 0.29) is 24.8 Å². The minimum Gasteiger partial charge on any atom is -0.493 e. The van der Waals surface area contributed by atoms with E-state index >= 15 is 0 Å². The highest BCUT2D eigenvalue weighted by Gasteiger charge is 2.34. The summed E-state index contributed by atoms with van der Waals surface area (Å²) in [6.07, 6.45) is 4.07. The summed E-state index contributed by atoms with van der Waals surface area (Å²) in [5.74, 6) is -2.80. The molecule has 3 aromatic rings. The van der Waals surface area contributed by atoms with Crippen molar-refractivity contribution in [1.29, 1.82) is 0 Å². The van der Waals surface area contributed by atoms with Crippen LogP contribution < -0.4 is 5.56 Å². The fraction of sp³-hybridized carbons (Fsp3) is 0.407. The van der Waals surface area contributed by atoms with Gasteiger partial charge in [-0.2, -0.15) is 4.98 Å². The average Bonchev–Trinajstić information content (AvgIpc) is 3.35. The second-order valence-corrected chi connectivity index (χ2v) is 9.10. The molecule has 0 spiro atoms. The SMILES string of the molecule is CCCCc1nc(O)c(C(=O)N2CCC(c3ncc(F)cc3F)C2)c(=O)n1[C@H](CC)c1ccccc1. The van der Waals surface area contributed by atoms with E-state index in [9.17, 15) is 23.5 Å². The number of amides is 1. The van der Waals surface area contributed by atoms with Gasteiger partial charge in [0.15, 0.2) is 5.56 Å². The van der Waals surface area contributed by atoms with Crippen molar-refractivity contribution in [1.82, 2.24) is 19.4 Å². The Balaban J connectivity index is 1.71. The summed E-state index contributed by atoms with van der Waals surface area (Å²) in [5, 5.41) is 10.7. The van der Waals surface area contributed by atoms with Gasteiger partial charge in [-0.25, -0.2) is 8.78 Å². The predicted molar refractivity (Wildman–Crippen MR) is 131 cm³/mol. The molecule has 1 aromatic carbocycles. The van der Waals surface area contributed by atoms with Gasteiger partial charge in [-0.3, -0.25) is 19.1 Å². The summed E-state index contributed by atoms with van der Waals surface area (Å²) in [5.41, 5.74) is 0.00277. The van der Waals surface area contributed by atoms with Crippen molar-refractivity contribution in [3.63, 3.8) is 0 Å². The first-order chi connectivity index (χ1) is 17.3. The Bertz CT molecular complexity index is 1300. The zero-order valence-corrected chi connectivity index (χ0v) is 20.5. The Kier molecular flexibility index (Phi) is 7.76. The van der Waals surface area contributed by atoms with Crippen molar-refractivity contribution in [2.24, 2.45) is 0 Å². The van der Waals surface area contributed by atoms with Crippen LogP contribution in [0.5, 0.6) is 5.88 Å². The number of nitrogens with zero attached hydrogens (tertiary/aromatic N) is 4. The van der Waals surface area contributed by atoms with Gasteiger partial charge in [0.2, 0.25) is 5.88 Å². The molecule has 0 bridgehead atoms. The van der Waals surface area contributed by atoms with E-state index in [0.717, 1.165) is 30.7 Å². The first-order valence-corrected chi connectivity index (χ1v) is 12.3. The number of carbonyl (C=O) groups excluding carboxylic acids is 1. The largest absolute Gasteiger partial charge is 0.493 e. The minimum absolute atomic E-state index is 0.0801. The Morgan fingerprint density at radius 3 is 2.64 bits per heavy atom. The molecule has 1 aliphatic rings. The fourth-order valence-corrected chi connectivity index (χ4v) is 4.88. The first kappa shape index (κ1) is 25.5. The highest BCUT2D eigenvalue weighted by atomic mass is 19.1. The average molecular weight is 497 g/mol. The number of benzene rings is 1. The number of likely N-dealkylation sites (tertiary alicyclic amines) is 1. The van der Waals surface area contributed by atoms with E-state index in [0.29, 0.717) is 25.1 Å². The van der Waals surface area contributed by atoms with Crippen molar-refractivity contribution in [3.8, 4) is 5.88 Å². The van der Waals surface area contributed by atoms with Gasteiger partial charge in [0.1, 0.15) is 17.5 Å². The van der Waals surface area contributed by atoms with Crippen LogP contribution in [-0.2, 0) is 6.42 Å². The van der Waals surface area contributed by atoms with E-state index in [1.165, 1.54) is 9.47 Å². The summed E-state index contributed by atoms with van der Waals surface area (Å²) in [7, 11) is 0. The molecular formula is C27H30F2N4O3. The van der Waals surface area contributed by atoms with E-state index in [4.69, 9.17) is 0 Å². The molecule has 2 atom stereocenters. The number of hydrogen-bond donors (Lipinski definition) is 1. The fourth-order valence-electron chi connectivity index (χ4n) is 4.88. The van der Waals surface area contributed by atoms with Crippen LogP contribution in [0.3, 0.4) is 0 Å². The molecule has 1 fully saturated rings. The topological polar surface area (TPSA) is 88.3 Å². The van der Waals surface area contributed by atoms with Gasteiger partial charge in [-0.05, 0) is 24.8 Å². The quantitative estimate of drug-likeness (QED) is 0.493. The first-order valence-electron chi connectivity index (χ1n) is 12.3. The number of unbranched alkanes of at least 4 members (excludes halogenated alkanes) is 1. The van der Waals surface area contributed by atoms with Crippen LogP contribution in [0.25, 0.3) is 0 Å². The molecule has 4 rings (SSSR count). The lowest BCUT2D eigenvalue weighted by Crippen LogP contribution is -2.38. The molecule has 2 aromatic heterocycles. The second-order valence-electron chi connectivity index (χ2n) is 9.10. The number of carbonyl (C=O) groups is 1. The van der Waals surface area contributed by atoms with Crippen LogP contribution in [0.4, 0.5) is 8.78 Å². The third-order valence-electron chi connectivity index (χ3n) is 6.72. The maximum absolute atomic E-state index is 14.3. The van der Waals surface area contributed by atoms with Gasteiger partial charge in [0.05, 0.1) is 17.9 Å². The summed E-state index contributed by atoms with van der Waals surface area (Å²) < 4.78 is 29.1. The zero-order chi connectivity index (χ0) is 25.8. The second kappa shape index (κ2) is 11.0. The van der Waals surface area contributed by atoms with Crippen molar-refractivity contribution < 1.29 is 18.7 Å². The summed E-state index contributed by atoms with van der Waals surface area (Å²) in [6, 6.07) is 9.94. The summed E-state index contributed by atoms with van der Waals surface area (Å²) in [4.78, 5) is 36.8. The molecule has 0 radical (unpaired) electrons. The van der Waals surface area contributed by atoms with Gasteiger partial charge in [-0.15, -0.1) is 0 Å². The van der Waals surface area contributed by atoms with Gasteiger partial charge >= 0.3 is 0 Å². The molecular weight excluding hydrogens is 466 g/mol. The Labute approximate surface area is 208 Å². The lowest BCUT2D eigenvalue weighted by atomic mass is 10.0. The van der Waals surface area contributed by atoms with Gasteiger partial charge in [0, 0.05) is 31.5 Å². The number of aromatic nitrogens is 3. The highest BCUT2D eigenvalue weighted by Crippen LogP contribution is 2.30. The Morgan fingerprint density at radius 1 is 1.22 bits per heavy atom. The number of hydrogen-bond acceptors (Lipinski definition) is 5. The molecule has 1 aliphatic heterocycles. The highest BCUT2D eigenvalue weighted by molar-refractivity contribution is 5.96. The molecule has 190 valence electrons. The lowest BCUT2D eigenvalue weighted by Gasteiger charge is -2.24. The monoisotopic (exact) mass is 496 g/mol. The molecule has 7 nitrogen and oxygen atoms in total. The molecule has 36 heavy (non-hydrogen) atoms. The maximum Gasteiger partial charge on any atom is 0.270 e. The van der Waals surface area contributed by atoms with Crippen LogP contribution in [0.15, 0.2) is 47.4 Å². The van der Waals surface area contributed by atoms with E-state index in [1.54, 1.807) is 0 Å². The molecule has 1 unspecified atom stereocenters. The Morgan fingerprint density at radius 2 is 1.97 bits per heavy atom. The van der Waals surface area contributed by atoms with Crippen LogP contribution in [0.2, 0.25) is 0 Å². The van der Waals surface area contributed by atoms with Gasteiger partial charge < -0.3 is 10.0 Å². The summed E-state index contributed by atoms with van der Waals surface area (Å²) >= 11 is 0. The Hall–Kier alpha value is -3.62. The van der Waals surface area contributed by atoms with Crippen LogP contribution in [-0.4, -0.2) is 43.5 Å². The van der Waals surface area contributed by atoms with E-state index < -0.39 is 40.5 Å². The third kappa shape index (κ3) is 5.01. The molecule has 1 saturated heterocycles. The van der Waals surface area contributed by atoms with E-state index in [2.05, 4.69) is 9.97 Å². The number of halogens is 2. The minimum atomic E-state index is -0.772. The normalized spacial score (nSPS) is 16.3. The molecule has 9 heteroatoms. The standard InChI is InChI=1S/C27H30F2N4O3/c1-3-5-11-22-31-25(34)23(27(36)33(22)21(4-2)17-9-7-6-8-10-17)26(35)32-13-12-18(16-32)24-20(29)14-19(28)15-30-24/h6-10,14-15,18,21,34H,3-5,11-13,16H2,1-2H3/t18?,21-/m1/s1. The van der Waals surface area contributed by atoms with Crippen molar-refractivity contribution in [2.45, 2.75) is 57.9 Å². The van der Waals surface area contributed by atoms with Crippen molar-refractivity contribution in [3.05, 3.63) is 87.2 Å². The van der Waals surface area contributed by atoms with Crippen molar-refractivity contribution in [2.75, 3.05) is 13.1 Å². The predicted octanol–water partition coefficient (Wildman–Crippen LogP) is 4.59. The lowest BCUT2D eigenvalue weighted by molar-refractivity contribution is 0.0783. The third-order valence-corrected chi connectivity index (χ3v) is 6.72. The molecule has 0 aliphatic carbocycles. The molecule has 0 saturated carbocycles. The summed E-state index contributed by atoms with van der Waals surface area (Å²) in [6.45, 7) is 4.32. The zero-order valence-electron chi connectivity index (χ0n) is 20.5. The molecule has 3 heterocycles. The smallest absolute Gasteiger partial charge is 0.270 e. The maximum atomic E-state index is 14.3. The van der Waals surface area contributed by atoms with E-state index in [1.807, 2.05) is 44.2 Å².